The summed E-state index contributed by atoms with van der Waals surface area (Å²) in [6.45, 7) is 4.01. The molecule has 3 N–H and O–H groups in total. The molecule has 0 aliphatic heterocycles. The summed E-state index contributed by atoms with van der Waals surface area (Å²) in [5.74, 6) is -0.990. The second kappa shape index (κ2) is 14.5. The van der Waals surface area contributed by atoms with Crippen molar-refractivity contribution in [3.05, 3.63) is 153 Å². The molecule has 0 saturated carbocycles. The number of thioether (sulfide) groups is 1. The van der Waals surface area contributed by atoms with Crippen molar-refractivity contribution in [2.75, 3.05) is 10.6 Å². The van der Waals surface area contributed by atoms with Crippen LogP contribution in [0.3, 0.4) is 0 Å². The number of anilines is 2. The summed E-state index contributed by atoms with van der Waals surface area (Å²) >= 11 is 2.89. The Kier molecular flexibility index (Phi) is 10.1. The topological polar surface area (TPSA) is 87.3 Å². The number of benzene rings is 4. The lowest BCUT2D eigenvalue weighted by atomic mass is 10.1. The predicted molar refractivity (Wildman–Crippen MR) is 181 cm³/mol. The molecule has 1 heterocycles. The Bertz CT molecular complexity index is 1790. The zero-order chi connectivity index (χ0) is 30.9. The Morgan fingerprint density at radius 2 is 1.52 bits per heavy atom. The van der Waals surface area contributed by atoms with E-state index >= 15 is 0 Å². The molecular formula is C36H31N3O3S2. The van der Waals surface area contributed by atoms with Crippen molar-refractivity contribution in [3.63, 3.8) is 0 Å². The molecule has 1 unspecified atom stereocenters. The molecule has 1 atom stereocenters. The van der Waals surface area contributed by atoms with Gasteiger partial charge in [-0.1, -0.05) is 66.7 Å². The van der Waals surface area contributed by atoms with Crippen molar-refractivity contribution in [2.24, 2.45) is 0 Å². The smallest absolute Gasteiger partial charge is 0.272 e. The Hall–Kier alpha value is -4.92. The minimum Gasteiger partial charge on any atom is -0.325 e. The first kappa shape index (κ1) is 30.5. The molecule has 0 fully saturated rings. The van der Waals surface area contributed by atoms with Gasteiger partial charge in [0.05, 0.1) is 0 Å². The fourth-order valence-corrected chi connectivity index (χ4v) is 6.13. The third-order valence-electron chi connectivity index (χ3n) is 6.93. The van der Waals surface area contributed by atoms with Gasteiger partial charge in [0.15, 0.2) is 0 Å². The highest BCUT2D eigenvalue weighted by atomic mass is 32.2. The molecule has 8 heteroatoms. The molecule has 3 amide bonds. The molecule has 0 spiro atoms. The maximum Gasteiger partial charge on any atom is 0.272 e. The van der Waals surface area contributed by atoms with E-state index in [0.717, 1.165) is 32.8 Å². The highest BCUT2D eigenvalue weighted by molar-refractivity contribution is 8.00. The largest absolute Gasteiger partial charge is 0.325 e. The van der Waals surface area contributed by atoms with Gasteiger partial charge in [-0.05, 0) is 95.4 Å². The zero-order valence-electron chi connectivity index (χ0n) is 24.2. The molecule has 220 valence electrons. The van der Waals surface area contributed by atoms with Crippen molar-refractivity contribution < 1.29 is 14.4 Å². The van der Waals surface area contributed by atoms with E-state index in [2.05, 4.69) is 16.0 Å². The standard InChI is InChI=1S/C36H31N3O3S2/c1-24-11-9-18-31(25(24)2)38-36(42)33(27-12-5-3-6-13-27)44-30-17-10-16-29(22-30)37-35(41)32(21-26-19-20-43-23-26)39-34(40)28-14-7-4-8-15-28/h3-23,33H,1-2H3,(H,37,41)(H,38,42)(H,39,40)/b32-21-. The average Bonchev–Trinajstić information content (AvgIpc) is 3.56. The van der Waals surface area contributed by atoms with Gasteiger partial charge in [-0.3, -0.25) is 14.4 Å². The summed E-state index contributed by atoms with van der Waals surface area (Å²) < 4.78 is 0. The van der Waals surface area contributed by atoms with Crippen molar-refractivity contribution in [3.8, 4) is 0 Å². The number of carbonyl (C=O) groups excluding carboxylic acids is 3. The van der Waals surface area contributed by atoms with E-state index < -0.39 is 11.2 Å². The monoisotopic (exact) mass is 617 g/mol. The lowest BCUT2D eigenvalue weighted by Gasteiger charge is -2.19. The highest BCUT2D eigenvalue weighted by Gasteiger charge is 2.23. The van der Waals surface area contributed by atoms with Crippen LogP contribution in [0.25, 0.3) is 6.08 Å². The Labute approximate surface area is 265 Å². The number of thiophene rings is 1. The number of hydrogen-bond donors (Lipinski definition) is 3. The lowest BCUT2D eigenvalue weighted by Crippen LogP contribution is -2.30. The van der Waals surface area contributed by atoms with Gasteiger partial charge in [-0.15, -0.1) is 11.8 Å². The number of carbonyl (C=O) groups is 3. The Balaban J connectivity index is 1.36. The predicted octanol–water partition coefficient (Wildman–Crippen LogP) is 8.25. The molecule has 1 aromatic heterocycles. The van der Waals surface area contributed by atoms with Crippen LogP contribution in [0.1, 0.15) is 37.9 Å². The van der Waals surface area contributed by atoms with E-state index in [-0.39, 0.29) is 17.5 Å². The van der Waals surface area contributed by atoms with Crippen LogP contribution in [-0.4, -0.2) is 17.7 Å². The van der Waals surface area contributed by atoms with Crippen LogP contribution >= 0.6 is 23.1 Å². The molecule has 5 aromatic rings. The van der Waals surface area contributed by atoms with Crippen molar-refractivity contribution >= 4 is 58.3 Å². The van der Waals surface area contributed by atoms with Gasteiger partial charge in [-0.25, -0.2) is 0 Å². The van der Waals surface area contributed by atoms with Crippen LogP contribution in [0.4, 0.5) is 11.4 Å². The third kappa shape index (κ3) is 7.92. The van der Waals surface area contributed by atoms with Crippen LogP contribution in [-0.2, 0) is 9.59 Å². The maximum atomic E-state index is 13.7. The van der Waals surface area contributed by atoms with Crippen LogP contribution in [0.15, 0.2) is 131 Å². The quantitative estimate of drug-likeness (QED) is 0.109. The van der Waals surface area contributed by atoms with Crippen LogP contribution in [0.5, 0.6) is 0 Å². The van der Waals surface area contributed by atoms with E-state index in [0.29, 0.717) is 11.3 Å². The molecule has 6 nitrogen and oxygen atoms in total. The van der Waals surface area contributed by atoms with Crippen molar-refractivity contribution in [1.29, 1.82) is 0 Å². The molecule has 0 bridgehead atoms. The molecule has 0 aliphatic rings. The van der Waals surface area contributed by atoms with E-state index in [1.807, 2.05) is 103 Å². The zero-order valence-corrected chi connectivity index (χ0v) is 25.9. The third-order valence-corrected chi connectivity index (χ3v) is 8.88. The maximum absolute atomic E-state index is 13.7. The molecule has 0 saturated heterocycles. The minimum absolute atomic E-state index is 0.116. The molecule has 5 rings (SSSR count). The van der Waals surface area contributed by atoms with E-state index in [1.165, 1.54) is 23.1 Å². The number of nitrogens with one attached hydrogen (secondary N) is 3. The fraction of sp³-hybridized carbons (Fsp3) is 0.0833. The molecule has 0 radical (unpaired) electrons. The summed E-state index contributed by atoms with van der Waals surface area (Å²) in [4.78, 5) is 40.8. The normalized spacial score (nSPS) is 11.8. The number of hydrogen-bond acceptors (Lipinski definition) is 5. The van der Waals surface area contributed by atoms with E-state index in [1.54, 1.807) is 36.4 Å². The lowest BCUT2D eigenvalue weighted by molar-refractivity contribution is -0.116. The van der Waals surface area contributed by atoms with Gasteiger partial charge in [0.25, 0.3) is 11.8 Å². The Morgan fingerprint density at radius 1 is 0.795 bits per heavy atom. The molecule has 44 heavy (non-hydrogen) atoms. The first-order chi connectivity index (χ1) is 21.4. The van der Waals surface area contributed by atoms with E-state index in [4.69, 9.17) is 0 Å². The van der Waals surface area contributed by atoms with Crippen LogP contribution < -0.4 is 16.0 Å². The first-order valence-electron chi connectivity index (χ1n) is 14.0. The van der Waals surface area contributed by atoms with Crippen molar-refractivity contribution in [1.82, 2.24) is 5.32 Å². The van der Waals surface area contributed by atoms with Gasteiger partial charge >= 0.3 is 0 Å². The van der Waals surface area contributed by atoms with Gasteiger partial charge in [0.2, 0.25) is 5.91 Å². The van der Waals surface area contributed by atoms with Crippen LogP contribution in [0.2, 0.25) is 0 Å². The average molecular weight is 618 g/mol. The fourth-order valence-electron chi connectivity index (χ4n) is 4.43. The second-order valence-electron chi connectivity index (χ2n) is 10.1. The Morgan fingerprint density at radius 3 is 2.25 bits per heavy atom. The van der Waals surface area contributed by atoms with E-state index in [9.17, 15) is 14.4 Å². The van der Waals surface area contributed by atoms with Gasteiger partial charge < -0.3 is 16.0 Å². The number of amides is 3. The SMILES string of the molecule is Cc1cccc(NC(=O)C(Sc2cccc(NC(=O)/C(=C/c3ccsc3)NC(=O)c3ccccc3)c2)c2ccccc2)c1C. The van der Waals surface area contributed by atoms with Gasteiger partial charge in [-0.2, -0.15) is 11.3 Å². The second-order valence-corrected chi connectivity index (χ2v) is 12.0. The first-order valence-corrected chi connectivity index (χ1v) is 15.8. The number of aryl methyl sites for hydroxylation is 1. The summed E-state index contributed by atoms with van der Waals surface area (Å²) in [5, 5.41) is 12.0. The molecule has 4 aromatic carbocycles. The summed E-state index contributed by atoms with van der Waals surface area (Å²) in [7, 11) is 0. The van der Waals surface area contributed by atoms with Crippen LogP contribution in [0, 0.1) is 13.8 Å². The van der Waals surface area contributed by atoms with Gasteiger partial charge in [0, 0.05) is 21.8 Å². The summed E-state index contributed by atoms with van der Waals surface area (Å²) in [6, 6.07) is 33.4. The van der Waals surface area contributed by atoms with Gasteiger partial charge in [0.1, 0.15) is 10.9 Å². The molecule has 0 aliphatic carbocycles. The number of rotatable bonds is 10. The highest BCUT2D eigenvalue weighted by Crippen LogP contribution is 2.37. The van der Waals surface area contributed by atoms with Crippen molar-refractivity contribution in [2.45, 2.75) is 24.0 Å². The summed E-state index contributed by atoms with van der Waals surface area (Å²) in [6.07, 6.45) is 1.65. The minimum atomic E-state index is -0.540. The summed E-state index contributed by atoms with van der Waals surface area (Å²) in [5.41, 5.74) is 5.66. The molecular weight excluding hydrogens is 587 g/mol.